The smallest absolute Gasteiger partial charge is 0.323 e. The number of likely N-dealkylation sites (tertiary alicyclic amines) is 1. The van der Waals surface area contributed by atoms with Crippen LogP contribution in [0.2, 0.25) is 0 Å². The van der Waals surface area contributed by atoms with Gasteiger partial charge in [-0.3, -0.25) is 9.69 Å². The van der Waals surface area contributed by atoms with Gasteiger partial charge in [0.1, 0.15) is 5.54 Å². The van der Waals surface area contributed by atoms with Crippen LogP contribution in [-0.2, 0) is 4.79 Å². The van der Waals surface area contributed by atoms with Crippen LogP contribution in [0.4, 0.5) is 0 Å². The van der Waals surface area contributed by atoms with Gasteiger partial charge in [-0.25, -0.2) is 0 Å². The van der Waals surface area contributed by atoms with Crippen molar-refractivity contribution in [3.63, 3.8) is 0 Å². The summed E-state index contributed by atoms with van der Waals surface area (Å²) in [5.41, 5.74) is -0.244. The van der Waals surface area contributed by atoms with Crippen LogP contribution in [0.15, 0.2) is 0 Å². The van der Waals surface area contributed by atoms with Gasteiger partial charge in [-0.15, -0.1) is 0 Å². The van der Waals surface area contributed by atoms with E-state index in [1.54, 1.807) is 0 Å². The van der Waals surface area contributed by atoms with Gasteiger partial charge in [0.25, 0.3) is 0 Å². The van der Waals surface area contributed by atoms with E-state index in [0.29, 0.717) is 11.5 Å². The first kappa shape index (κ1) is 10.9. The third kappa shape index (κ3) is 1.57. The summed E-state index contributed by atoms with van der Waals surface area (Å²) in [5, 5.41) is 9.34. The molecule has 2 aliphatic rings. The maximum Gasteiger partial charge on any atom is 0.323 e. The van der Waals surface area contributed by atoms with Gasteiger partial charge in [-0.1, -0.05) is 6.92 Å². The first-order chi connectivity index (χ1) is 6.90. The van der Waals surface area contributed by atoms with Gasteiger partial charge >= 0.3 is 5.97 Å². The molecular weight excluding hydrogens is 190 g/mol. The Balaban J connectivity index is 2.17. The second-order valence-corrected chi connectivity index (χ2v) is 5.71. The van der Waals surface area contributed by atoms with Crippen molar-refractivity contribution >= 4 is 5.97 Å². The summed E-state index contributed by atoms with van der Waals surface area (Å²) in [6, 6.07) is 0.404. The minimum absolute atomic E-state index is 0.376. The predicted molar refractivity (Wildman–Crippen MR) is 58.8 cm³/mol. The zero-order valence-electron chi connectivity index (χ0n) is 9.92. The van der Waals surface area contributed by atoms with Crippen LogP contribution in [0.3, 0.4) is 0 Å². The number of rotatable bonds is 3. The molecule has 1 aliphatic carbocycles. The Kier molecular flexibility index (Phi) is 2.34. The third-order valence-electron chi connectivity index (χ3n) is 4.67. The van der Waals surface area contributed by atoms with Crippen molar-refractivity contribution in [1.29, 1.82) is 0 Å². The van der Waals surface area contributed by atoms with Gasteiger partial charge in [-0.2, -0.15) is 0 Å². The highest BCUT2D eigenvalue weighted by molar-refractivity contribution is 5.78. The number of carboxylic acid groups (broad SMARTS) is 1. The molecule has 0 aromatic rings. The zero-order chi connectivity index (χ0) is 11.3. The minimum atomic E-state index is -0.656. The molecule has 1 N–H and O–H groups in total. The highest BCUT2D eigenvalue weighted by Gasteiger charge is 2.53. The number of hydrogen-bond acceptors (Lipinski definition) is 2. The molecule has 2 fully saturated rings. The standard InChI is InChI=1S/C12H21NO2/c1-9(11(2)6-7-11)13-8-4-5-12(13,3)10(14)15/h9H,4-8H2,1-3H3,(H,14,15). The summed E-state index contributed by atoms with van der Waals surface area (Å²) in [4.78, 5) is 13.6. The van der Waals surface area contributed by atoms with Crippen molar-refractivity contribution < 1.29 is 9.90 Å². The summed E-state index contributed by atoms with van der Waals surface area (Å²) in [5.74, 6) is -0.656. The summed E-state index contributed by atoms with van der Waals surface area (Å²) in [7, 11) is 0. The topological polar surface area (TPSA) is 40.5 Å². The highest BCUT2D eigenvalue weighted by Crippen LogP contribution is 2.52. The van der Waals surface area contributed by atoms with Crippen molar-refractivity contribution in [2.45, 2.75) is 58.0 Å². The zero-order valence-corrected chi connectivity index (χ0v) is 9.92. The molecule has 0 aromatic heterocycles. The van der Waals surface area contributed by atoms with E-state index in [-0.39, 0.29) is 0 Å². The number of carboxylic acids is 1. The number of hydrogen-bond donors (Lipinski definition) is 1. The highest BCUT2D eigenvalue weighted by atomic mass is 16.4. The Bertz CT molecular complexity index is 285. The third-order valence-corrected chi connectivity index (χ3v) is 4.67. The fraction of sp³-hybridized carbons (Fsp3) is 0.917. The molecular formula is C12H21NO2. The van der Waals surface area contributed by atoms with Gasteiger partial charge in [-0.05, 0) is 51.5 Å². The lowest BCUT2D eigenvalue weighted by Gasteiger charge is -2.39. The molecule has 2 unspecified atom stereocenters. The van der Waals surface area contributed by atoms with E-state index in [1.807, 2.05) is 6.92 Å². The lowest BCUT2D eigenvalue weighted by Crippen LogP contribution is -2.53. The lowest BCUT2D eigenvalue weighted by molar-refractivity contribution is -0.150. The van der Waals surface area contributed by atoms with Crippen LogP contribution in [0, 0.1) is 5.41 Å². The lowest BCUT2D eigenvalue weighted by atomic mass is 9.92. The maximum absolute atomic E-state index is 11.3. The van der Waals surface area contributed by atoms with Crippen LogP contribution in [0.1, 0.15) is 46.5 Å². The van der Waals surface area contributed by atoms with Crippen LogP contribution in [0.5, 0.6) is 0 Å². The Hall–Kier alpha value is -0.570. The fourth-order valence-corrected chi connectivity index (χ4v) is 2.83. The second-order valence-electron chi connectivity index (χ2n) is 5.71. The first-order valence-corrected chi connectivity index (χ1v) is 5.90. The van der Waals surface area contributed by atoms with Crippen molar-refractivity contribution in [3.8, 4) is 0 Å². The van der Waals surface area contributed by atoms with E-state index in [0.717, 1.165) is 19.4 Å². The van der Waals surface area contributed by atoms with Crippen LogP contribution in [0.25, 0.3) is 0 Å². The number of carbonyl (C=O) groups is 1. The molecule has 2 atom stereocenters. The molecule has 1 saturated heterocycles. The number of aliphatic carboxylic acids is 1. The van der Waals surface area contributed by atoms with Gasteiger partial charge in [0, 0.05) is 6.04 Å². The molecule has 1 heterocycles. The molecule has 2 rings (SSSR count). The average molecular weight is 211 g/mol. The molecule has 3 heteroatoms. The van der Waals surface area contributed by atoms with Crippen molar-refractivity contribution in [2.75, 3.05) is 6.54 Å². The van der Waals surface area contributed by atoms with E-state index in [4.69, 9.17) is 0 Å². The Morgan fingerprint density at radius 3 is 2.40 bits per heavy atom. The van der Waals surface area contributed by atoms with Gasteiger partial charge in [0.05, 0.1) is 0 Å². The average Bonchev–Trinajstić information content (AvgIpc) is 2.78. The summed E-state index contributed by atoms with van der Waals surface area (Å²) < 4.78 is 0. The molecule has 1 aliphatic heterocycles. The van der Waals surface area contributed by atoms with E-state index in [2.05, 4.69) is 18.7 Å². The van der Waals surface area contributed by atoms with E-state index < -0.39 is 11.5 Å². The van der Waals surface area contributed by atoms with Gasteiger partial charge in [0.15, 0.2) is 0 Å². The molecule has 0 spiro atoms. The minimum Gasteiger partial charge on any atom is -0.480 e. The van der Waals surface area contributed by atoms with Crippen molar-refractivity contribution in [1.82, 2.24) is 4.90 Å². The Morgan fingerprint density at radius 1 is 1.33 bits per heavy atom. The van der Waals surface area contributed by atoms with E-state index in [9.17, 15) is 9.90 Å². The molecule has 15 heavy (non-hydrogen) atoms. The predicted octanol–water partition coefficient (Wildman–Crippen LogP) is 2.11. The second kappa shape index (κ2) is 3.21. The molecule has 86 valence electrons. The largest absolute Gasteiger partial charge is 0.480 e. The van der Waals surface area contributed by atoms with Crippen molar-refractivity contribution in [2.24, 2.45) is 5.41 Å². The quantitative estimate of drug-likeness (QED) is 0.777. The first-order valence-electron chi connectivity index (χ1n) is 5.90. The Labute approximate surface area is 91.5 Å². The summed E-state index contributed by atoms with van der Waals surface area (Å²) >= 11 is 0. The van der Waals surface area contributed by atoms with Gasteiger partial charge in [0.2, 0.25) is 0 Å². The fourth-order valence-electron chi connectivity index (χ4n) is 2.83. The van der Waals surface area contributed by atoms with Crippen LogP contribution in [-0.4, -0.2) is 34.1 Å². The molecule has 0 amide bonds. The van der Waals surface area contributed by atoms with Crippen LogP contribution >= 0.6 is 0 Å². The van der Waals surface area contributed by atoms with E-state index in [1.165, 1.54) is 12.8 Å². The monoisotopic (exact) mass is 211 g/mol. The van der Waals surface area contributed by atoms with Gasteiger partial charge < -0.3 is 5.11 Å². The molecule has 0 radical (unpaired) electrons. The summed E-state index contributed by atoms with van der Waals surface area (Å²) in [6.07, 6.45) is 4.31. The summed E-state index contributed by atoms with van der Waals surface area (Å²) in [6.45, 7) is 7.29. The molecule has 0 aromatic carbocycles. The molecule has 3 nitrogen and oxygen atoms in total. The van der Waals surface area contributed by atoms with E-state index >= 15 is 0 Å². The maximum atomic E-state index is 11.3. The van der Waals surface area contributed by atoms with Crippen LogP contribution < -0.4 is 0 Å². The SMILES string of the molecule is CC(N1CCCC1(C)C(=O)O)C1(C)CC1. The number of nitrogens with zero attached hydrogens (tertiary/aromatic N) is 1. The van der Waals surface area contributed by atoms with Crippen molar-refractivity contribution in [3.05, 3.63) is 0 Å². The normalized spacial score (nSPS) is 36.5. The Morgan fingerprint density at radius 2 is 1.93 bits per heavy atom. The molecule has 0 bridgehead atoms. The molecule has 1 saturated carbocycles.